The fourth-order valence-electron chi connectivity index (χ4n) is 1.89. The lowest BCUT2D eigenvalue weighted by Crippen LogP contribution is -2.26. The predicted molar refractivity (Wildman–Crippen MR) is 84.4 cm³/mol. The van der Waals surface area contributed by atoms with Gasteiger partial charge in [0.05, 0.1) is 4.34 Å². The van der Waals surface area contributed by atoms with E-state index in [1.54, 1.807) is 12.1 Å². The minimum atomic E-state index is -0.0753. The standard InChI is InChI=1S/C14H16ClN3OS/c1-9-8-10(18-16)2-4-12(9)14(19)17-7-6-11-3-5-13(15)20-11/h2-5,8,18H,6-7,16H2,1H3,(H,17,19). The molecular weight excluding hydrogens is 294 g/mol. The average molecular weight is 310 g/mol. The number of thiophene rings is 1. The van der Waals surface area contributed by atoms with Gasteiger partial charge in [-0.3, -0.25) is 10.6 Å². The number of hydrazine groups is 1. The van der Waals surface area contributed by atoms with Gasteiger partial charge in [0.1, 0.15) is 0 Å². The Hall–Kier alpha value is -1.56. The van der Waals surface area contributed by atoms with Crippen LogP contribution >= 0.6 is 22.9 Å². The van der Waals surface area contributed by atoms with Crippen molar-refractivity contribution in [3.05, 3.63) is 50.7 Å². The van der Waals surface area contributed by atoms with Crippen molar-refractivity contribution in [1.29, 1.82) is 0 Å². The van der Waals surface area contributed by atoms with Crippen LogP contribution in [0.1, 0.15) is 20.8 Å². The van der Waals surface area contributed by atoms with Crippen molar-refractivity contribution in [2.24, 2.45) is 5.84 Å². The van der Waals surface area contributed by atoms with Crippen LogP contribution in [0.5, 0.6) is 0 Å². The Balaban J connectivity index is 1.91. The Morgan fingerprint density at radius 2 is 2.15 bits per heavy atom. The number of carbonyl (C=O) groups is 1. The van der Waals surface area contributed by atoms with Crippen molar-refractivity contribution in [3.63, 3.8) is 0 Å². The molecule has 106 valence electrons. The highest BCUT2D eigenvalue weighted by molar-refractivity contribution is 7.16. The van der Waals surface area contributed by atoms with Crippen LogP contribution in [0.15, 0.2) is 30.3 Å². The maximum Gasteiger partial charge on any atom is 0.251 e. The Morgan fingerprint density at radius 1 is 1.35 bits per heavy atom. The minimum absolute atomic E-state index is 0.0753. The second-order valence-corrected chi connectivity index (χ2v) is 6.19. The summed E-state index contributed by atoms with van der Waals surface area (Å²) in [5.74, 6) is 5.26. The molecule has 1 amide bonds. The zero-order valence-electron chi connectivity index (χ0n) is 11.1. The molecule has 0 unspecified atom stereocenters. The molecule has 0 atom stereocenters. The number of rotatable bonds is 5. The van der Waals surface area contributed by atoms with Gasteiger partial charge in [-0.2, -0.15) is 0 Å². The lowest BCUT2D eigenvalue weighted by Gasteiger charge is -2.09. The van der Waals surface area contributed by atoms with Crippen LogP contribution < -0.4 is 16.6 Å². The number of aryl methyl sites for hydroxylation is 1. The third-order valence-corrected chi connectivity index (χ3v) is 4.21. The lowest BCUT2D eigenvalue weighted by molar-refractivity contribution is 0.0953. The van der Waals surface area contributed by atoms with Crippen molar-refractivity contribution < 1.29 is 4.79 Å². The van der Waals surface area contributed by atoms with Crippen LogP contribution in [-0.4, -0.2) is 12.5 Å². The van der Waals surface area contributed by atoms with Crippen LogP contribution in [-0.2, 0) is 6.42 Å². The van der Waals surface area contributed by atoms with Crippen molar-refractivity contribution in [2.45, 2.75) is 13.3 Å². The molecule has 1 heterocycles. The van der Waals surface area contributed by atoms with Crippen molar-refractivity contribution >= 4 is 34.5 Å². The van der Waals surface area contributed by atoms with E-state index in [2.05, 4.69) is 10.7 Å². The average Bonchev–Trinajstić information content (AvgIpc) is 2.84. The van der Waals surface area contributed by atoms with Crippen molar-refractivity contribution in [2.75, 3.05) is 12.0 Å². The van der Waals surface area contributed by atoms with Crippen LogP contribution in [0.25, 0.3) is 0 Å². The topological polar surface area (TPSA) is 67.1 Å². The molecule has 0 saturated carbocycles. The van der Waals surface area contributed by atoms with E-state index in [0.29, 0.717) is 12.1 Å². The normalized spacial score (nSPS) is 10.3. The zero-order chi connectivity index (χ0) is 14.5. The minimum Gasteiger partial charge on any atom is -0.352 e. The second-order valence-electron chi connectivity index (χ2n) is 4.39. The number of carbonyl (C=O) groups excluding carboxylic acids is 1. The van der Waals surface area contributed by atoms with Crippen molar-refractivity contribution in [3.8, 4) is 0 Å². The Morgan fingerprint density at radius 3 is 2.75 bits per heavy atom. The SMILES string of the molecule is Cc1cc(NN)ccc1C(=O)NCCc1ccc(Cl)s1. The maximum atomic E-state index is 12.1. The summed E-state index contributed by atoms with van der Waals surface area (Å²) >= 11 is 7.40. The molecule has 1 aromatic heterocycles. The van der Waals surface area contributed by atoms with Crippen molar-refractivity contribution in [1.82, 2.24) is 5.32 Å². The summed E-state index contributed by atoms with van der Waals surface area (Å²) in [6.07, 6.45) is 0.782. The number of anilines is 1. The molecule has 2 aromatic rings. The molecular formula is C14H16ClN3OS. The smallest absolute Gasteiger partial charge is 0.251 e. The van der Waals surface area contributed by atoms with Crippen LogP contribution in [0.2, 0.25) is 4.34 Å². The van der Waals surface area contributed by atoms with E-state index >= 15 is 0 Å². The molecule has 4 nitrogen and oxygen atoms in total. The highest BCUT2D eigenvalue weighted by atomic mass is 35.5. The number of benzene rings is 1. The Labute approximate surface area is 126 Å². The molecule has 2 rings (SSSR count). The van der Waals surface area contributed by atoms with Gasteiger partial charge in [0.15, 0.2) is 0 Å². The molecule has 0 saturated heterocycles. The highest BCUT2D eigenvalue weighted by Crippen LogP contribution is 2.21. The molecule has 0 aliphatic heterocycles. The monoisotopic (exact) mass is 309 g/mol. The quantitative estimate of drug-likeness (QED) is 0.587. The van der Waals surface area contributed by atoms with E-state index in [1.807, 2.05) is 25.1 Å². The molecule has 20 heavy (non-hydrogen) atoms. The number of nitrogens with one attached hydrogen (secondary N) is 2. The Kier molecular flexibility index (Phi) is 5.00. The van der Waals surface area contributed by atoms with Gasteiger partial charge in [-0.05, 0) is 49.2 Å². The van der Waals surface area contributed by atoms with E-state index in [1.165, 1.54) is 11.3 Å². The molecule has 0 spiro atoms. The van der Waals surface area contributed by atoms with Crippen LogP contribution in [0, 0.1) is 6.92 Å². The van der Waals surface area contributed by atoms with Gasteiger partial charge in [-0.1, -0.05) is 11.6 Å². The summed E-state index contributed by atoms with van der Waals surface area (Å²) in [7, 11) is 0. The summed E-state index contributed by atoms with van der Waals surface area (Å²) in [5, 5.41) is 2.91. The van der Waals surface area contributed by atoms with E-state index in [9.17, 15) is 4.79 Å². The van der Waals surface area contributed by atoms with E-state index < -0.39 is 0 Å². The zero-order valence-corrected chi connectivity index (χ0v) is 12.6. The summed E-state index contributed by atoms with van der Waals surface area (Å²) in [5.41, 5.74) is 4.89. The molecule has 0 aliphatic carbocycles. The van der Waals surface area contributed by atoms with Gasteiger partial charge >= 0.3 is 0 Å². The van der Waals surface area contributed by atoms with E-state index in [4.69, 9.17) is 17.4 Å². The van der Waals surface area contributed by atoms with Crippen LogP contribution in [0.3, 0.4) is 0 Å². The molecule has 0 bridgehead atoms. The van der Waals surface area contributed by atoms with Gasteiger partial charge < -0.3 is 10.7 Å². The third-order valence-electron chi connectivity index (χ3n) is 2.92. The first-order valence-corrected chi connectivity index (χ1v) is 7.39. The first-order chi connectivity index (χ1) is 9.60. The maximum absolute atomic E-state index is 12.1. The first kappa shape index (κ1) is 14.8. The van der Waals surface area contributed by atoms with E-state index in [-0.39, 0.29) is 5.91 Å². The molecule has 0 aliphatic rings. The Bertz CT molecular complexity index is 612. The molecule has 6 heteroatoms. The number of nitrogens with two attached hydrogens (primary N) is 1. The van der Waals surface area contributed by atoms with Gasteiger partial charge in [0, 0.05) is 22.7 Å². The van der Waals surface area contributed by atoms with Gasteiger partial charge in [0.2, 0.25) is 0 Å². The number of hydrogen-bond donors (Lipinski definition) is 3. The van der Waals surface area contributed by atoms with Gasteiger partial charge in [-0.25, -0.2) is 0 Å². The molecule has 0 radical (unpaired) electrons. The summed E-state index contributed by atoms with van der Waals surface area (Å²) in [4.78, 5) is 13.2. The number of hydrogen-bond acceptors (Lipinski definition) is 4. The summed E-state index contributed by atoms with van der Waals surface area (Å²) in [6, 6.07) is 9.23. The highest BCUT2D eigenvalue weighted by Gasteiger charge is 2.09. The fourth-order valence-corrected chi connectivity index (χ4v) is 2.98. The summed E-state index contributed by atoms with van der Waals surface area (Å²) in [6.45, 7) is 2.47. The van der Waals surface area contributed by atoms with Gasteiger partial charge in [0.25, 0.3) is 5.91 Å². The number of nitrogen functional groups attached to an aromatic ring is 1. The van der Waals surface area contributed by atoms with E-state index in [0.717, 1.165) is 26.9 Å². The number of amides is 1. The lowest BCUT2D eigenvalue weighted by atomic mass is 10.1. The largest absolute Gasteiger partial charge is 0.352 e. The third kappa shape index (κ3) is 3.72. The molecule has 4 N–H and O–H groups in total. The predicted octanol–water partition coefficient (Wildman–Crippen LogP) is 2.97. The summed E-state index contributed by atoms with van der Waals surface area (Å²) < 4.78 is 0.770. The first-order valence-electron chi connectivity index (χ1n) is 6.20. The van der Waals surface area contributed by atoms with Gasteiger partial charge in [-0.15, -0.1) is 11.3 Å². The fraction of sp³-hybridized carbons (Fsp3) is 0.214. The second kappa shape index (κ2) is 6.74. The molecule has 0 fully saturated rings. The molecule has 1 aromatic carbocycles. The number of halogens is 1. The van der Waals surface area contributed by atoms with Crippen LogP contribution in [0.4, 0.5) is 5.69 Å².